The summed E-state index contributed by atoms with van der Waals surface area (Å²) in [5.41, 5.74) is 1.34. The van der Waals surface area contributed by atoms with Gasteiger partial charge in [0, 0.05) is 13.1 Å². The van der Waals surface area contributed by atoms with Crippen molar-refractivity contribution in [2.24, 2.45) is 0 Å². The highest BCUT2D eigenvalue weighted by Crippen LogP contribution is 2.13. The first-order valence-corrected chi connectivity index (χ1v) is 6.72. The van der Waals surface area contributed by atoms with E-state index in [9.17, 15) is 4.79 Å². The zero-order valence-electron chi connectivity index (χ0n) is 9.61. The predicted molar refractivity (Wildman–Crippen MR) is 66.7 cm³/mol. The monoisotopic (exact) mass is 238 g/mol. The molecule has 0 bridgehead atoms. The van der Waals surface area contributed by atoms with Crippen LogP contribution in [0.2, 0.25) is 0 Å². The van der Waals surface area contributed by atoms with Crippen molar-refractivity contribution in [3.8, 4) is 0 Å². The first kappa shape index (κ1) is 11.6. The fraction of sp³-hybridized carbons (Fsp3) is 0.583. The number of carbonyl (C=O) groups is 1. The summed E-state index contributed by atoms with van der Waals surface area (Å²) in [6, 6.07) is 2.17. The molecule has 1 N–H and O–H groups in total. The third kappa shape index (κ3) is 2.62. The van der Waals surface area contributed by atoms with E-state index in [0.717, 1.165) is 32.4 Å². The number of nitrogens with zero attached hydrogens (tertiary/aromatic N) is 1. The van der Waals surface area contributed by atoms with Gasteiger partial charge in [0.1, 0.15) is 0 Å². The summed E-state index contributed by atoms with van der Waals surface area (Å²) < 4.78 is 0. The van der Waals surface area contributed by atoms with Gasteiger partial charge in [0.05, 0.1) is 6.04 Å². The Balaban J connectivity index is 1.87. The quantitative estimate of drug-likeness (QED) is 0.862. The van der Waals surface area contributed by atoms with Crippen LogP contribution in [0.5, 0.6) is 0 Å². The average Bonchev–Trinajstić information content (AvgIpc) is 2.81. The van der Waals surface area contributed by atoms with Crippen LogP contribution in [0.3, 0.4) is 0 Å². The molecule has 2 heterocycles. The summed E-state index contributed by atoms with van der Waals surface area (Å²) in [6.45, 7) is 1.77. The third-order valence-corrected chi connectivity index (χ3v) is 3.86. The number of carbonyl (C=O) groups excluding carboxylic acids is 1. The van der Waals surface area contributed by atoms with Gasteiger partial charge in [-0.3, -0.25) is 4.79 Å². The number of amides is 1. The molecule has 3 nitrogen and oxygen atoms in total. The van der Waals surface area contributed by atoms with Crippen molar-refractivity contribution in [2.75, 3.05) is 20.1 Å². The Bertz CT molecular complexity index is 337. The number of piperidine rings is 1. The number of thiophene rings is 1. The Labute approximate surface area is 100 Å². The number of likely N-dealkylation sites (N-methyl/N-ethyl adjacent to an activating group) is 1. The van der Waals surface area contributed by atoms with Gasteiger partial charge in [-0.25, -0.2) is 0 Å². The molecule has 1 aromatic heterocycles. The van der Waals surface area contributed by atoms with Gasteiger partial charge in [0.2, 0.25) is 5.91 Å². The van der Waals surface area contributed by atoms with E-state index >= 15 is 0 Å². The summed E-state index contributed by atoms with van der Waals surface area (Å²) >= 11 is 1.72. The van der Waals surface area contributed by atoms with E-state index < -0.39 is 0 Å². The number of nitrogens with one attached hydrogen (secondary N) is 1. The van der Waals surface area contributed by atoms with Crippen LogP contribution in [0, 0.1) is 0 Å². The van der Waals surface area contributed by atoms with Crippen LogP contribution >= 0.6 is 11.3 Å². The highest BCUT2D eigenvalue weighted by atomic mass is 32.1. The molecule has 1 aliphatic rings. The molecule has 1 aromatic rings. The fourth-order valence-corrected chi connectivity index (χ4v) is 2.83. The summed E-state index contributed by atoms with van der Waals surface area (Å²) in [4.78, 5) is 14.0. The van der Waals surface area contributed by atoms with Crippen molar-refractivity contribution in [2.45, 2.75) is 25.3 Å². The van der Waals surface area contributed by atoms with E-state index in [1.54, 1.807) is 11.3 Å². The first-order chi connectivity index (χ1) is 7.81. The van der Waals surface area contributed by atoms with Crippen LogP contribution in [-0.2, 0) is 11.2 Å². The van der Waals surface area contributed by atoms with Gasteiger partial charge in [0.25, 0.3) is 0 Å². The lowest BCUT2D eigenvalue weighted by Crippen LogP contribution is -2.50. The Kier molecular flexibility index (Phi) is 3.96. The normalized spacial score (nSPS) is 21.4. The predicted octanol–water partition coefficient (Wildman–Crippen LogP) is 1.50. The highest BCUT2D eigenvalue weighted by molar-refractivity contribution is 7.07. The van der Waals surface area contributed by atoms with Crippen molar-refractivity contribution >= 4 is 17.2 Å². The van der Waals surface area contributed by atoms with Gasteiger partial charge in [-0.05, 0) is 48.7 Å². The second-order valence-electron chi connectivity index (χ2n) is 4.19. The number of hydrogen-bond donors (Lipinski definition) is 1. The van der Waals surface area contributed by atoms with E-state index in [4.69, 9.17) is 0 Å². The molecule has 0 spiro atoms. The maximum atomic E-state index is 12.0. The molecule has 88 valence electrons. The Hall–Kier alpha value is -0.870. The van der Waals surface area contributed by atoms with Crippen molar-refractivity contribution in [1.29, 1.82) is 0 Å². The van der Waals surface area contributed by atoms with E-state index in [0.29, 0.717) is 0 Å². The number of rotatable bonds is 4. The van der Waals surface area contributed by atoms with Crippen molar-refractivity contribution in [1.82, 2.24) is 10.2 Å². The molecule has 1 aliphatic heterocycles. The van der Waals surface area contributed by atoms with Crippen molar-refractivity contribution < 1.29 is 4.79 Å². The van der Waals surface area contributed by atoms with Gasteiger partial charge in [0.15, 0.2) is 0 Å². The maximum Gasteiger partial charge on any atom is 0.239 e. The van der Waals surface area contributed by atoms with E-state index in [1.165, 1.54) is 5.56 Å². The van der Waals surface area contributed by atoms with Crippen LogP contribution in [0.4, 0.5) is 0 Å². The molecule has 2 rings (SSSR count). The largest absolute Gasteiger partial charge is 0.341 e. The van der Waals surface area contributed by atoms with E-state index in [-0.39, 0.29) is 11.9 Å². The molecule has 0 aliphatic carbocycles. The highest BCUT2D eigenvalue weighted by Gasteiger charge is 2.26. The Morgan fingerprint density at radius 1 is 1.62 bits per heavy atom. The molecule has 16 heavy (non-hydrogen) atoms. The summed E-state index contributed by atoms with van der Waals surface area (Å²) in [5.74, 6) is 0.268. The lowest BCUT2D eigenvalue weighted by molar-refractivity contribution is -0.135. The molecule has 4 heteroatoms. The zero-order chi connectivity index (χ0) is 11.4. The van der Waals surface area contributed by atoms with Crippen LogP contribution in [0.15, 0.2) is 16.8 Å². The molecule has 0 saturated carbocycles. The molecular formula is C12H18N2OS. The third-order valence-electron chi connectivity index (χ3n) is 3.13. The summed E-state index contributed by atoms with van der Waals surface area (Å²) in [6.07, 6.45) is 3.07. The second-order valence-corrected chi connectivity index (χ2v) is 4.97. The van der Waals surface area contributed by atoms with Crippen LogP contribution in [0.25, 0.3) is 0 Å². The smallest absolute Gasteiger partial charge is 0.239 e. The minimum Gasteiger partial charge on any atom is -0.341 e. The van der Waals surface area contributed by atoms with Crippen molar-refractivity contribution in [3.63, 3.8) is 0 Å². The molecule has 0 aromatic carbocycles. The molecule has 1 fully saturated rings. The second kappa shape index (κ2) is 5.46. The van der Waals surface area contributed by atoms with E-state index in [2.05, 4.69) is 22.1 Å². The lowest BCUT2D eigenvalue weighted by atomic mass is 10.0. The summed E-state index contributed by atoms with van der Waals surface area (Å²) in [7, 11) is 1.87. The lowest BCUT2D eigenvalue weighted by Gasteiger charge is -2.32. The first-order valence-electron chi connectivity index (χ1n) is 5.78. The summed E-state index contributed by atoms with van der Waals surface area (Å²) in [5, 5.41) is 7.33. The molecule has 1 amide bonds. The van der Waals surface area contributed by atoms with Gasteiger partial charge in [-0.1, -0.05) is 0 Å². The van der Waals surface area contributed by atoms with Crippen LogP contribution in [-0.4, -0.2) is 37.0 Å². The molecular weight excluding hydrogens is 220 g/mol. The zero-order valence-corrected chi connectivity index (χ0v) is 10.4. The van der Waals surface area contributed by atoms with Gasteiger partial charge >= 0.3 is 0 Å². The minimum absolute atomic E-state index is 0.0382. The molecule has 1 unspecified atom stereocenters. The topological polar surface area (TPSA) is 32.3 Å². The maximum absolute atomic E-state index is 12.0. The van der Waals surface area contributed by atoms with Crippen molar-refractivity contribution in [3.05, 3.63) is 22.4 Å². The molecule has 1 atom stereocenters. The molecule has 1 saturated heterocycles. The van der Waals surface area contributed by atoms with Gasteiger partial charge < -0.3 is 10.2 Å². The van der Waals surface area contributed by atoms with Gasteiger partial charge in [-0.15, -0.1) is 0 Å². The number of hydrogen-bond acceptors (Lipinski definition) is 3. The Morgan fingerprint density at radius 3 is 3.19 bits per heavy atom. The van der Waals surface area contributed by atoms with Crippen LogP contribution in [0.1, 0.15) is 18.4 Å². The molecule has 0 radical (unpaired) electrons. The van der Waals surface area contributed by atoms with Gasteiger partial charge in [-0.2, -0.15) is 11.3 Å². The standard InChI is InChI=1S/C12H18N2OS/c1-13-11-3-2-6-14(12(11)15)7-4-10-5-8-16-9-10/h5,8-9,11,13H,2-4,6-7H2,1H3. The fourth-order valence-electron chi connectivity index (χ4n) is 2.13. The average molecular weight is 238 g/mol. The SMILES string of the molecule is CNC1CCCN(CCc2ccsc2)C1=O. The number of likely N-dealkylation sites (tertiary alicyclic amines) is 1. The van der Waals surface area contributed by atoms with E-state index in [1.807, 2.05) is 11.9 Å². The minimum atomic E-state index is 0.0382. The Morgan fingerprint density at radius 2 is 2.50 bits per heavy atom. The van der Waals surface area contributed by atoms with Crippen LogP contribution < -0.4 is 5.32 Å².